The number of carbonyl (C=O) groups is 2. The topological polar surface area (TPSA) is 62.4 Å². The highest BCUT2D eigenvalue weighted by molar-refractivity contribution is 6.44. The molecule has 1 saturated heterocycles. The van der Waals surface area contributed by atoms with Crippen LogP contribution in [0.4, 0.5) is 4.39 Å². The second-order valence-corrected chi connectivity index (χ2v) is 6.64. The maximum Gasteiger partial charge on any atom is 0.295 e. The molecule has 1 N–H and O–H groups in total. The number of hydrogen-bond donors (Lipinski definition) is 1. The summed E-state index contributed by atoms with van der Waals surface area (Å²) in [6, 6.07) is 13.9. The van der Waals surface area contributed by atoms with Crippen molar-refractivity contribution in [3.63, 3.8) is 0 Å². The Bertz CT molecular complexity index is 984. The SMILES string of the molecule is O=C(C(=O)N1CCCC(Oc2ccccc2)C1)c1c[nH]c2cccc(F)c12. The fourth-order valence-electron chi connectivity index (χ4n) is 3.49. The zero-order chi connectivity index (χ0) is 18.8. The van der Waals surface area contributed by atoms with E-state index in [0.29, 0.717) is 18.6 Å². The third kappa shape index (κ3) is 3.43. The van der Waals surface area contributed by atoms with Crippen LogP contribution in [0.15, 0.2) is 54.7 Å². The average molecular weight is 366 g/mol. The van der Waals surface area contributed by atoms with Crippen LogP contribution in [0.3, 0.4) is 0 Å². The lowest BCUT2D eigenvalue weighted by molar-refractivity contribution is -0.128. The molecule has 0 saturated carbocycles. The molecule has 2 aromatic carbocycles. The van der Waals surface area contributed by atoms with Crippen molar-refractivity contribution in [2.45, 2.75) is 18.9 Å². The first-order chi connectivity index (χ1) is 13.1. The van der Waals surface area contributed by atoms with Gasteiger partial charge in [-0.3, -0.25) is 9.59 Å². The van der Waals surface area contributed by atoms with Crippen molar-refractivity contribution >= 4 is 22.6 Å². The first kappa shape index (κ1) is 17.3. The maximum atomic E-state index is 14.1. The quantitative estimate of drug-likeness (QED) is 0.567. The lowest BCUT2D eigenvalue weighted by Crippen LogP contribution is -2.46. The van der Waals surface area contributed by atoms with Crippen molar-refractivity contribution in [2.24, 2.45) is 0 Å². The van der Waals surface area contributed by atoms with Crippen LogP contribution in [-0.4, -0.2) is 40.8 Å². The number of piperidine rings is 1. The number of ketones is 1. The summed E-state index contributed by atoms with van der Waals surface area (Å²) in [4.78, 5) is 29.8. The largest absolute Gasteiger partial charge is 0.489 e. The molecule has 1 fully saturated rings. The monoisotopic (exact) mass is 366 g/mol. The molecule has 6 heteroatoms. The van der Waals surface area contributed by atoms with Crippen LogP contribution >= 0.6 is 0 Å². The smallest absolute Gasteiger partial charge is 0.295 e. The molecule has 1 aliphatic rings. The molecule has 138 valence electrons. The Labute approximate surface area is 155 Å². The average Bonchev–Trinajstić information content (AvgIpc) is 3.13. The van der Waals surface area contributed by atoms with Crippen LogP contribution in [0, 0.1) is 5.82 Å². The molecule has 1 amide bonds. The molecule has 0 bridgehead atoms. The van der Waals surface area contributed by atoms with Crippen LogP contribution in [0.5, 0.6) is 5.75 Å². The van der Waals surface area contributed by atoms with Crippen molar-refractivity contribution in [1.82, 2.24) is 9.88 Å². The number of Topliss-reactive ketones (excluding diaryl/α,β-unsaturated/α-hetero) is 1. The number of fused-ring (bicyclic) bond motifs is 1. The number of ether oxygens (including phenoxy) is 1. The van der Waals surface area contributed by atoms with Gasteiger partial charge in [0.2, 0.25) is 0 Å². The van der Waals surface area contributed by atoms with Gasteiger partial charge in [-0.25, -0.2) is 4.39 Å². The molecular formula is C21H19FN2O3. The summed E-state index contributed by atoms with van der Waals surface area (Å²) in [5.41, 5.74) is 0.564. The summed E-state index contributed by atoms with van der Waals surface area (Å²) >= 11 is 0. The van der Waals surface area contributed by atoms with E-state index in [1.165, 1.54) is 17.2 Å². The van der Waals surface area contributed by atoms with Crippen molar-refractivity contribution in [1.29, 1.82) is 0 Å². The van der Waals surface area contributed by atoms with Gasteiger partial charge in [-0.1, -0.05) is 24.3 Å². The molecule has 0 radical (unpaired) electrons. The highest BCUT2D eigenvalue weighted by Crippen LogP contribution is 2.24. The number of aromatic nitrogens is 1. The van der Waals surface area contributed by atoms with Crippen LogP contribution in [0.2, 0.25) is 0 Å². The molecule has 5 nitrogen and oxygen atoms in total. The number of hydrogen-bond acceptors (Lipinski definition) is 3. The van der Waals surface area contributed by atoms with Gasteiger partial charge in [0.15, 0.2) is 0 Å². The van der Waals surface area contributed by atoms with Crippen LogP contribution in [-0.2, 0) is 4.79 Å². The normalized spacial score (nSPS) is 17.1. The molecule has 3 aromatic rings. The molecule has 1 atom stereocenters. The predicted octanol–water partition coefficient (Wildman–Crippen LogP) is 3.56. The maximum absolute atomic E-state index is 14.1. The molecule has 1 unspecified atom stereocenters. The number of rotatable bonds is 4. The number of likely N-dealkylation sites (tertiary alicyclic amines) is 1. The van der Waals surface area contributed by atoms with E-state index in [-0.39, 0.29) is 17.1 Å². The van der Waals surface area contributed by atoms with Crippen LogP contribution in [0.25, 0.3) is 10.9 Å². The number of nitrogens with zero attached hydrogens (tertiary/aromatic N) is 1. The third-order valence-electron chi connectivity index (χ3n) is 4.81. The lowest BCUT2D eigenvalue weighted by atomic mass is 10.0. The minimum Gasteiger partial charge on any atom is -0.489 e. The number of benzene rings is 2. The van der Waals surface area contributed by atoms with Gasteiger partial charge in [0.25, 0.3) is 11.7 Å². The molecule has 1 aliphatic heterocycles. The third-order valence-corrected chi connectivity index (χ3v) is 4.81. The molecule has 0 aliphatic carbocycles. The van der Waals surface area contributed by atoms with E-state index in [4.69, 9.17) is 4.74 Å². The molecule has 4 rings (SSSR count). The van der Waals surface area contributed by atoms with Gasteiger partial charge < -0.3 is 14.6 Å². The summed E-state index contributed by atoms with van der Waals surface area (Å²) in [5, 5.41) is 0.157. The van der Waals surface area contributed by atoms with Gasteiger partial charge in [0, 0.05) is 23.6 Å². The molecule has 1 aromatic heterocycles. The Morgan fingerprint density at radius 1 is 1.11 bits per heavy atom. The molecule has 27 heavy (non-hydrogen) atoms. The van der Waals surface area contributed by atoms with Crippen LogP contribution < -0.4 is 4.74 Å². The van der Waals surface area contributed by atoms with Gasteiger partial charge in [0.05, 0.1) is 12.1 Å². The molecule has 2 heterocycles. The van der Waals surface area contributed by atoms with E-state index >= 15 is 0 Å². The van der Waals surface area contributed by atoms with Gasteiger partial charge in [0.1, 0.15) is 17.7 Å². The van der Waals surface area contributed by atoms with E-state index < -0.39 is 17.5 Å². The van der Waals surface area contributed by atoms with Crippen molar-refractivity contribution in [3.8, 4) is 5.75 Å². The summed E-state index contributed by atoms with van der Waals surface area (Å²) in [7, 11) is 0. The van der Waals surface area contributed by atoms with Gasteiger partial charge in [-0.05, 0) is 37.1 Å². The fourth-order valence-corrected chi connectivity index (χ4v) is 3.49. The number of halogens is 1. The Hall–Kier alpha value is -3.15. The Morgan fingerprint density at radius 3 is 2.74 bits per heavy atom. The first-order valence-electron chi connectivity index (χ1n) is 8.94. The molecule has 0 spiro atoms. The number of aromatic amines is 1. The summed E-state index contributed by atoms with van der Waals surface area (Å²) in [6.45, 7) is 0.828. The highest BCUT2D eigenvalue weighted by atomic mass is 19.1. The van der Waals surface area contributed by atoms with Gasteiger partial charge >= 0.3 is 0 Å². The fraction of sp³-hybridized carbons (Fsp3) is 0.238. The van der Waals surface area contributed by atoms with Crippen molar-refractivity contribution in [2.75, 3.05) is 13.1 Å². The minimum absolute atomic E-state index is 0.0687. The van der Waals surface area contributed by atoms with Gasteiger partial charge in [-0.2, -0.15) is 0 Å². The number of nitrogens with one attached hydrogen (secondary N) is 1. The highest BCUT2D eigenvalue weighted by Gasteiger charge is 2.31. The first-order valence-corrected chi connectivity index (χ1v) is 8.94. The Morgan fingerprint density at radius 2 is 1.93 bits per heavy atom. The van der Waals surface area contributed by atoms with E-state index in [2.05, 4.69) is 4.98 Å². The lowest BCUT2D eigenvalue weighted by Gasteiger charge is -2.32. The minimum atomic E-state index is -0.702. The summed E-state index contributed by atoms with van der Waals surface area (Å²) in [6.07, 6.45) is 2.79. The number of amides is 1. The van der Waals surface area contributed by atoms with E-state index in [0.717, 1.165) is 18.6 Å². The van der Waals surface area contributed by atoms with E-state index in [1.54, 1.807) is 12.1 Å². The van der Waals surface area contributed by atoms with Crippen molar-refractivity contribution < 1.29 is 18.7 Å². The summed E-state index contributed by atoms with van der Waals surface area (Å²) in [5.74, 6) is -1.11. The zero-order valence-electron chi connectivity index (χ0n) is 14.7. The Kier molecular flexibility index (Phi) is 4.62. The Balaban J connectivity index is 1.50. The second kappa shape index (κ2) is 7.23. The second-order valence-electron chi connectivity index (χ2n) is 6.64. The van der Waals surface area contributed by atoms with Crippen LogP contribution in [0.1, 0.15) is 23.2 Å². The number of para-hydroxylation sites is 1. The van der Waals surface area contributed by atoms with E-state index in [1.807, 2.05) is 30.3 Å². The summed E-state index contributed by atoms with van der Waals surface area (Å²) < 4.78 is 20.1. The number of carbonyl (C=O) groups excluding carboxylic acids is 2. The van der Waals surface area contributed by atoms with E-state index in [9.17, 15) is 14.0 Å². The zero-order valence-corrected chi connectivity index (χ0v) is 14.7. The molecular weight excluding hydrogens is 347 g/mol. The standard InChI is InChI=1S/C21H19FN2O3/c22-17-9-4-10-18-19(17)16(12-23-18)20(25)21(26)24-11-5-8-15(13-24)27-14-6-2-1-3-7-14/h1-4,6-7,9-10,12,15,23H,5,8,11,13H2. The van der Waals surface area contributed by atoms with Gasteiger partial charge in [-0.15, -0.1) is 0 Å². The van der Waals surface area contributed by atoms with Crippen molar-refractivity contribution in [3.05, 3.63) is 66.1 Å². The predicted molar refractivity (Wildman–Crippen MR) is 99.3 cm³/mol. The number of H-pyrrole nitrogens is 1.